The Bertz CT molecular complexity index is 2640. The molecule has 0 saturated carbocycles. The number of imidazole rings is 2. The summed E-state index contributed by atoms with van der Waals surface area (Å²) in [5.41, 5.74) is 13.0. The third kappa shape index (κ3) is 3.18. The average molecular weight is 560 g/mol. The molecule has 0 aliphatic rings. The highest BCUT2D eigenvalue weighted by atomic mass is 15.2. The molecule has 0 aliphatic heterocycles. The number of hydrogen-bond donors (Lipinski definition) is 0. The lowest BCUT2D eigenvalue weighted by Crippen LogP contribution is -1.91. The van der Waals surface area contributed by atoms with Gasteiger partial charge in [-0.15, -0.1) is 0 Å². The minimum atomic E-state index is 0.952. The van der Waals surface area contributed by atoms with E-state index in [1.807, 2.05) is 0 Å². The van der Waals surface area contributed by atoms with Crippen LogP contribution in [0.5, 0.6) is 0 Å². The summed E-state index contributed by atoms with van der Waals surface area (Å²) in [6, 6.07) is 54.8. The summed E-state index contributed by atoms with van der Waals surface area (Å²) >= 11 is 0. The third-order valence-corrected chi connectivity index (χ3v) is 9.22. The summed E-state index contributed by atoms with van der Waals surface area (Å²) in [4.78, 5) is 5.19. The molecule has 0 atom stereocenters. The lowest BCUT2D eigenvalue weighted by Gasteiger charge is -2.17. The minimum Gasteiger partial charge on any atom is -0.277 e. The van der Waals surface area contributed by atoms with Crippen LogP contribution in [0.1, 0.15) is 0 Å². The van der Waals surface area contributed by atoms with Gasteiger partial charge >= 0.3 is 0 Å². The van der Waals surface area contributed by atoms with Gasteiger partial charge in [0.15, 0.2) is 0 Å². The van der Waals surface area contributed by atoms with Crippen LogP contribution in [0, 0.1) is 0 Å². The van der Waals surface area contributed by atoms with E-state index >= 15 is 0 Å². The van der Waals surface area contributed by atoms with Gasteiger partial charge in [-0.3, -0.25) is 8.80 Å². The Labute approximate surface area is 253 Å². The molecule has 0 unspecified atom stereocenters. The van der Waals surface area contributed by atoms with Crippen molar-refractivity contribution in [2.24, 2.45) is 0 Å². The van der Waals surface area contributed by atoms with E-state index in [4.69, 9.17) is 4.98 Å². The molecule has 10 rings (SSSR count). The summed E-state index contributed by atoms with van der Waals surface area (Å²) in [6.07, 6.45) is 0. The Morgan fingerprint density at radius 2 is 1.05 bits per heavy atom. The molecule has 3 aromatic heterocycles. The molecule has 10 aromatic rings. The first-order valence-corrected chi connectivity index (χ1v) is 15.1. The van der Waals surface area contributed by atoms with E-state index in [0.717, 1.165) is 16.8 Å². The van der Waals surface area contributed by atoms with Gasteiger partial charge in [0.05, 0.1) is 27.6 Å². The first-order valence-electron chi connectivity index (χ1n) is 15.1. The van der Waals surface area contributed by atoms with Gasteiger partial charge in [-0.2, -0.15) is 0 Å². The van der Waals surface area contributed by atoms with Gasteiger partial charge in [-0.25, -0.2) is 4.98 Å². The summed E-state index contributed by atoms with van der Waals surface area (Å²) in [5, 5.41) is 4.97. The Balaban J connectivity index is 1.42. The van der Waals surface area contributed by atoms with Crippen LogP contribution in [0.4, 0.5) is 0 Å². The summed E-state index contributed by atoms with van der Waals surface area (Å²) in [6.45, 7) is 0. The van der Waals surface area contributed by atoms with Crippen LogP contribution in [0.2, 0.25) is 0 Å². The van der Waals surface area contributed by atoms with E-state index in [1.54, 1.807) is 0 Å². The molecule has 0 fully saturated rings. The first kappa shape index (κ1) is 23.6. The molecule has 3 heterocycles. The zero-order valence-corrected chi connectivity index (χ0v) is 23.8. The highest BCUT2D eigenvalue weighted by Crippen LogP contribution is 2.45. The molecule has 0 spiro atoms. The van der Waals surface area contributed by atoms with Gasteiger partial charge in [0.2, 0.25) is 5.78 Å². The van der Waals surface area contributed by atoms with Crippen molar-refractivity contribution in [1.82, 2.24) is 13.8 Å². The van der Waals surface area contributed by atoms with Crippen molar-refractivity contribution in [3.05, 3.63) is 152 Å². The topological polar surface area (TPSA) is 21.7 Å². The molecule has 0 aliphatic carbocycles. The quantitative estimate of drug-likeness (QED) is 0.211. The smallest absolute Gasteiger partial charge is 0.220 e. The summed E-state index contributed by atoms with van der Waals surface area (Å²) < 4.78 is 4.72. The molecule has 3 heteroatoms. The standard InChI is InChI=1S/C41H25N3/c1-3-12-26(13-4-1)31-18-11-19-32(27-14-5-2-6-15-27)39(31)30-23-34-33-22-28-16-7-8-17-29(28)24-37(33)44-40(34)38(25-30)43-36-21-10-9-20-35(36)42-41(43)44/h1-25H. The molecular formula is C41H25N3. The Hall–Kier alpha value is -5.93. The van der Waals surface area contributed by atoms with E-state index in [-0.39, 0.29) is 0 Å². The van der Waals surface area contributed by atoms with Crippen LogP contribution in [0.3, 0.4) is 0 Å². The van der Waals surface area contributed by atoms with Crippen LogP contribution in [0.25, 0.3) is 88.3 Å². The highest BCUT2D eigenvalue weighted by Gasteiger charge is 2.24. The average Bonchev–Trinajstić information content (AvgIpc) is 3.73. The van der Waals surface area contributed by atoms with Gasteiger partial charge in [0.25, 0.3) is 0 Å². The lowest BCUT2D eigenvalue weighted by atomic mass is 9.87. The zero-order chi connectivity index (χ0) is 28.8. The minimum absolute atomic E-state index is 0.952. The van der Waals surface area contributed by atoms with Crippen LogP contribution in [-0.2, 0) is 0 Å². The number of hydrogen-bond acceptors (Lipinski definition) is 1. The van der Waals surface area contributed by atoms with Crippen LogP contribution >= 0.6 is 0 Å². The largest absolute Gasteiger partial charge is 0.277 e. The number of rotatable bonds is 3. The summed E-state index contributed by atoms with van der Waals surface area (Å²) in [5.74, 6) is 0.952. The van der Waals surface area contributed by atoms with E-state index in [9.17, 15) is 0 Å². The molecule has 0 amide bonds. The normalized spacial score (nSPS) is 12.1. The van der Waals surface area contributed by atoms with Crippen molar-refractivity contribution >= 4 is 54.9 Å². The molecule has 3 nitrogen and oxygen atoms in total. The maximum Gasteiger partial charge on any atom is 0.220 e. The number of para-hydroxylation sites is 2. The fraction of sp³-hybridized carbons (Fsp3) is 0. The fourth-order valence-corrected chi connectivity index (χ4v) is 7.31. The van der Waals surface area contributed by atoms with Crippen molar-refractivity contribution < 1.29 is 0 Å². The molecule has 204 valence electrons. The Morgan fingerprint density at radius 3 is 1.77 bits per heavy atom. The number of aromatic nitrogens is 3. The van der Waals surface area contributed by atoms with Crippen LogP contribution in [0.15, 0.2) is 152 Å². The van der Waals surface area contributed by atoms with Gasteiger partial charge in [0, 0.05) is 10.8 Å². The zero-order valence-electron chi connectivity index (χ0n) is 23.8. The third-order valence-electron chi connectivity index (χ3n) is 9.22. The van der Waals surface area contributed by atoms with E-state index in [2.05, 4.69) is 160 Å². The molecule has 0 N–H and O–H groups in total. The van der Waals surface area contributed by atoms with Gasteiger partial charge in [0.1, 0.15) is 0 Å². The van der Waals surface area contributed by atoms with E-state index in [0.29, 0.717) is 0 Å². The second-order valence-electron chi connectivity index (χ2n) is 11.6. The predicted molar refractivity (Wildman–Crippen MR) is 184 cm³/mol. The molecule has 7 aromatic carbocycles. The molecule has 44 heavy (non-hydrogen) atoms. The molecular weight excluding hydrogens is 534 g/mol. The monoisotopic (exact) mass is 559 g/mol. The second kappa shape index (κ2) is 8.79. The number of benzene rings is 7. The van der Waals surface area contributed by atoms with Crippen molar-refractivity contribution in [2.75, 3.05) is 0 Å². The number of fused-ring (bicyclic) bond motifs is 9. The molecule has 0 saturated heterocycles. The van der Waals surface area contributed by atoms with Crippen molar-refractivity contribution in [1.29, 1.82) is 0 Å². The molecule has 0 bridgehead atoms. The van der Waals surface area contributed by atoms with Crippen LogP contribution < -0.4 is 0 Å². The first-order chi connectivity index (χ1) is 21.8. The fourth-order valence-electron chi connectivity index (χ4n) is 7.31. The van der Waals surface area contributed by atoms with Gasteiger partial charge < -0.3 is 0 Å². The van der Waals surface area contributed by atoms with Gasteiger partial charge in [-0.1, -0.05) is 115 Å². The maximum absolute atomic E-state index is 5.19. The Kier molecular flexibility index (Phi) is 4.72. The molecule has 0 radical (unpaired) electrons. The van der Waals surface area contributed by atoms with Crippen LogP contribution in [-0.4, -0.2) is 13.8 Å². The van der Waals surface area contributed by atoms with E-state index < -0.39 is 0 Å². The SMILES string of the molecule is c1ccc(-c2cccc(-c3ccccc3)c2-c2cc3c4cc5ccccc5cc4n4c3c(c2)n2c3ccccc3nc24)cc1. The maximum atomic E-state index is 5.19. The second-order valence-corrected chi connectivity index (χ2v) is 11.6. The van der Waals surface area contributed by atoms with Crippen molar-refractivity contribution in [3.8, 4) is 33.4 Å². The van der Waals surface area contributed by atoms with E-state index in [1.165, 1.54) is 71.5 Å². The summed E-state index contributed by atoms with van der Waals surface area (Å²) in [7, 11) is 0. The van der Waals surface area contributed by atoms with Gasteiger partial charge in [-0.05, 0) is 80.6 Å². The highest BCUT2D eigenvalue weighted by molar-refractivity contribution is 6.20. The Morgan fingerprint density at radius 1 is 0.409 bits per heavy atom. The lowest BCUT2D eigenvalue weighted by molar-refractivity contribution is 1.22. The van der Waals surface area contributed by atoms with Crippen molar-refractivity contribution in [2.45, 2.75) is 0 Å². The predicted octanol–water partition coefficient (Wildman–Crippen LogP) is 10.6. The number of nitrogens with zero attached hydrogens (tertiary/aromatic N) is 3. The van der Waals surface area contributed by atoms with Crippen molar-refractivity contribution in [3.63, 3.8) is 0 Å².